The molecule has 0 spiro atoms. The average molecular weight is 722 g/mol. The Labute approximate surface area is 250 Å². The van der Waals surface area contributed by atoms with E-state index in [1.807, 2.05) is 0 Å². The molecule has 0 fully saturated rings. The zero-order chi connectivity index (χ0) is 29.8. The van der Waals surface area contributed by atoms with Gasteiger partial charge in [-0.1, -0.05) is 0 Å². The van der Waals surface area contributed by atoms with E-state index < -0.39 is 43.6 Å². The van der Waals surface area contributed by atoms with Crippen LogP contribution in [0.5, 0.6) is 0 Å². The number of halogens is 4. The quantitative estimate of drug-likeness (QED) is 0.0870. The minimum atomic E-state index is -6.16. The van der Waals surface area contributed by atoms with Gasteiger partial charge in [-0.2, -0.15) is 0 Å². The van der Waals surface area contributed by atoms with Crippen LogP contribution in [0.25, 0.3) is 22.3 Å². The molecule has 0 bridgehead atoms. The normalized spacial score (nSPS) is 12.6. The summed E-state index contributed by atoms with van der Waals surface area (Å²) in [6.07, 6.45) is 0. The van der Waals surface area contributed by atoms with Crippen LogP contribution in [0.15, 0.2) is 140 Å². The molecule has 0 N–H and O–H groups in total. The van der Waals surface area contributed by atoms with Gasteiger partial charge in [0.15, 0.2) is 0 Å². The zero-order valence-corrected chi connectivity index (χ0v) is 25.6. The van der Waals surface area contributed by atoms with Gasteiger partial charge < -0.3 is 0 Å². The second-order valence-electron chi connectivity index (χ2n) is 8.87. The second kappa shape index (κ2) is 12.5. The third-order valence-electron chi connectivity index (χ3n) is 6.10. The fraction of sp³-hybridized carbons (Fsp3) is 0.0323. The summed E-state index contributed by atoms with van der Waals surface area (Å²) in [5.74, 6) is 0. The Morgan fingerprint density at radius 3 is 1.33 bits per heavy atom. The van der Waals surface area contributed by atoms with Gasteiger partial charge in [0.05, 0.1) is 0 Å². The van der Waals surface area contributed by atoms with Gasteiger partial charge in [0, 0.05) is 0 Å². The fourth-order valence-corrected chi connectivity index (χ4v) is 14.8. The molecule has 5 nitrogen and oxygen atoms in total. The van der Waals surface area contributed by atoms with Crippen LogP contribution in [0.4, 0.5) is 13.2 Å². The summed E-state index contributed by atoms with van der Waals surface area (Å²) in [7, 11) is -10.4. The van der Waals surface area contributed by atoms with Crippen molar-refractivity contribution >= 4 is 48.7 Å². The number of alkyl halides is 3. The fourth-order valence-electron chi connectivity index (χ4n) is 4.13. The molecule has 0 unspecified atom stereocenters. The summed E-state index contributed by atoms with van der Waals surface area (Å²) < 4.78 is 93.0. The first-order valence-corrected chi connectivity index (χ1v) is 18.3. The molecular formula is C31H23F3IO5PS. The molecular weight excluding hydrogens is 699 g/mol. The van der Waals surface area contributed by atoms with Crippen LogP contribution in [0.2, 0.25) is 0 Å². The molecule has 0 saturated heterocycles. The summed E-state index contributed by atoms with van der Waals surface area (Å²) in [5.41, 5.74) is -3.72. The third-order valence-corrected chi connectivity index (χ3v) is 16.4. The summed E-state index contributed by atoms with van der Waals surface area (Å²) in [6.45, 7) is 0. The van der Waals surface area contributed by atoms with Gasteiger partial charge in [-0.15, -0.1) is 0 Å². The molecule has 11 heteroatoms. The third kappa shape index (κ3) is 6.38. The molecule has 0 amide bonds. The topological polar surface area (TPSA) is 69.7 Å². The number of rotatable bonds is 9. The molecule has 42 heavy (non-hydrogen) atoms. The first-order valence-electron chi connectivity index (χ1n) is 12.5. The van der Waals surface area contributed by atoms with Crippen molar-refractivity contribution in [2.45, 2.75) is 5.51 Å². The first kappa shape index (κ1) is 30.2. The summed E-state index contributed by atoms with van der Waals surface area (Å²) in [4.78, 5) is 0. The van der Waals surface area contributed by atoms with Crippen molar-refractivity contribution in [1.82, 2.24) is 0 Å². The maximum atomic E-state index is 14.9. The Bertz CT molecular complexity index is 1700. The van der Waals surface area contributed by atoms with E-state index in [0.29, 0.717) is 22.3 Å². The van der Waals surface area contributed by atoms with E-state index in [1.165, 1.54) is 24.3 Å². The van der Waals surface area contributed by atoms with Crippen molar-refractivity contribution in [2.75, 3.05) is 0 Å². The average Bonchev–Trinajstić information content (AvgIpc) is 3.01. The summed E-state index contributed by atoms with van der Waals surface area (Å²) in [5, 5.41) is 0.370. The van der Waals surface area contributed by atoms with Gasteiger partial charge >= 0.3 is 251 Å². The van der Waals surface area contributed by atoms with Gasteiger partial charge in [0.25, 0.3) is 0 Å². The Morgan fingerprint density at radius 2 is 0.952 bits per heavy atom. The van der Waals surface area contributed by atoms with Gasteiger partial charge in [-0.05, 0) is 0 Å². The van der Waals surface area contributed by atoms with Crippen LogP contribution >= 0.6 is 28.0 Å². The molecule has 0 saturated carbocycles. The SMILES string of the molecule is O=P(OI(OS(=O)(=O)C(F)(F)F)c1c(-c2ccccc2)cccc1-c1ccccc1)(c1ccccc1)c1ccccc1. The molecule has 216 valence electrons. The zero-order valence-electron chi connectivity index (χ0n) is 21.7. The summed E-state index contributed by atoms with van der Waals surface area (Å²) >= 11 is -4.53. The number of hydrogen-bond acceptors (Lipinski definition) is 5. The second-order valence-corrected chi connectivity index (χ2v) is 17.2. The van der Waals surface area contributed by atoms with E-state index in [0.717, 1.165) is 0 Å². The van der Waals surface area contributed by atoms with Crippen molar-refractivity contribution in [2.24, 2.45) is 0 Å². The van der Waals surface area contributed by atoms with Crippen LogP contribution in [0.1, 0.15) is 0 Å². The summed E-state index contributed by atoms with van der Waals surface area (Å²) in [6, 6.07) is 38.5. The number of hydrogen-bond donors (Lipinski definition) is 0. The Hall–Kier alpha value is -3.28. The maximum absolute atomic E-state index is 14.9. The molecule has 0 aromatic heterocycles. The van der Waals surface area contributed by atoms with Crippen LogP contribution < -0.4 is 10.6 Å². The predicted molar refractivity (Wildman–Crippen MR) is 167 cm³/mol. The van der Waals surface area contributed by atoms with Gasteiger partial charge in [-0.25, -0.2) is 0 Å². The molecule has 0 atom stereocenters. The Morgan fingerprint density at radius 1 is 0.571 bits per heavy atom. The van der Waals surface area contributed by atoms with Crippen molar-refractivity contribution in [3.05, 3.63) is 143 Å². The predicted octanol–water partition coefficient (Wildman–Crippen LogP) is 8.34. The monoisotopic (exact) mass is 722 g/mol. The van der Waals surface area contributed by atoms with Gasteiger partial charge in [-0.3, -0.25) is 0 Å². The van der Waals surface area contributed by atoms with Crippen molar-refractivity contribution in [3.63, 3.8) is 0 Å². The molecule has 0 aliphatic heterocycles. The van der Waals surface area contributed by atoms with Crippen LogP contribution in [0, 0.1) is 3.57 Å². The van der Waals surface area contributed by atoms with E-state index in [2.05, 4.69) is 0 Å². The molecule has 0 heterocycles. The van der Waals surface area contributed by atoms with E-state index in [-0.39, 0.29) is 14.2 Å². The first-order chi connectivity index (χ1) is 20.1. The van der Waals surface area contributed by atoms with Crippen LogP contribution in [-0.4, -0.2) is 13.9 Å². The van der Waals surface area contributed by atoms with Crippen molar-refractivity contribution in [1.29, 1.82) is 0 Å². The van der Waals surface area contributed by atoms with Gasteiger partial charge in [0.2, 0.25) is 0 Å². The van der Waals surface area contributed by atoms with Crippen LogP contribution in [-0.2, 0) is 20.0 Å². The Balaban J connectivity index is 1.81. The van der Waals surface area contributed by atoms with E-state index >= 15 is 0 Å². The molecule has 0 aliphatic carbocycles. The molecule has 5 rings (SSSR count). The van der Waals surface area contributed by atoms with E-state index in [4.69, 9.17) is 5.37 Å². The molecule has 0 radical (unpaired) electrons. The molecule has 5 aromatic carbocycles. The Kier molecular flexibility index (Phi) is 9.00. The van der Waals surface area contributed by atoms with Crippen LogP contribution in [0.3, 0.4) is 0 Å². The van der Waals surface area contributed by atoms with E-state index in [9.17, 15) is 26.2 Å². The van der Waals surface area contributed by atoms with Gasteiger partial charge in [0.1, 0.15) is 0 Å². The van der Waals surface area contributed by atoms with Crippen molar-refractivity contribution < 1.29 is 31.5 Å². The molecule has 0 aliphatic rings. The van der Waals surface area contributed by atoms with Crippen molar-refractivity contribution in [3.8, 4) is 22.3 Å². The number of benzene rings is 5. The molecule has 5 aromatic rings. The minimum absolute atomic E-state index is 0.124. The van der Waals surface area contributed by atoms with E-state index in [1.54, 1.807) is 115 Å². The standard InChI is InChI=1S/C31H23F3IO5PS/c32-31(33,34)42(37,38)40-35(39-41(36,26-18-9-3-10-19-26)27-20-11-4-12-21-27)30-28(24-14-5-1-6-15-24)22-13-23-29(30)25-16-7-2-8-17-25/h1-23H.